The Morgan fingerprint density at radius 3 is 2.73 bits per heavy atom. The van der Waals surface area contributed by atoms with Crippen LogP contribution in [-0.2, 0) is 0 Å². The number of ether oxygens (including phenoxy) is 2. The molecule has 0 bridgehead atoms. The van der Waals surface area contributed by atoms with E-state index in [9.17, 15) is 4.79 Å². The van der Waals surface area contributed by atoms with Crippen LogP contribution in [0.25, 0.3) is 10.6 Å². The quantitative estimate of drug-likeness (QED) is 0.781. The number of rotatable bonds is 7. The van der Waals surface area contributed by atoms with Gasteiger partial charge < -0.3 is 14.6 Å². The van der Waals surface area contributed by atoms with Crippen LogP contribution in [0.3, 0.4) is 0 Å². The molecule has 0 radical (unpaired) electrons. The summed E-state index contributed by atoms with van der Waals surface area (Å²) in [6, 6.07) is 5.53. The van der Waals surface area contributed by atoms with Gasteiger partial charge in [-0.05, 0) is 31.5 Å². The van der Waals surface area contributed by atoms with E-state index in [-0.39, 0.29) is 4.88 Å². The van der Waals surface area contributed by atoms with E-state index in [2.05, 4.69) is 11.9 Å². The predicted molar refractivity (Wildman–Crippen MR) is 86.2 cm³/mol. The minimum Gasteiger partial charge on any atom is -0.493 e. The van der Waals surface area contributed by atoms with E-state index in [1.165, 1.54) is 0 Å². The second-order valence-corrected chi connectivity index (χ2v) is 5.81. The molecule has 0 saturated heterocycles. The Kier molecular flexibility index (Phi) is 5.38. The average molecular weight is 321 g/mol. The number of aryl methyl sites for hydroxylation is 1. The van der Waals surface area contributed by atoms with Crippen molar-refractivity contribution in [1.29, 1.82) is 0 Å². The summed E-state index contributed by atoms with van der Waals surface area (Å²) in [7, 11) is 1.58. The number of hydrogen-bond acceptors (Lipinski definition) is 5. The Bertz CT molecular complexity index is 666. The van der Waals surface area contributed by atoms with Crippen molar-refractivity contribution in [1.82, 2.24) is 4.98 Å². The van der Waals surface area contributed by atoms with Crippen molar-refractivity contribution >= 4 is 17.3 Å². The second kappa shape index (κ2) is 7.26. The van der Waals surface area contributed by atoms with Crippen LogP contribution in [0, 0.1) is 6.92 Å². The molecule has 1 aromatic heterocycles. The Balaban J connectivity index is 2.29. The van der Waals surface area contributed by atoms with E-state index < -0.39 is 5.97 Å². The molecule has 2 aromatic rings. The van der Waals surface area contributed by atoms with Crippen LogP contribution in [0.5, 0.6) is 11.5 Å². The van der Waals surface area contributed by atoms with Crippen LogP contribution in [0.2, 0.25) is 0 Å². The molecule has 5 nitrogen and oxygen atoms in total. The fraction of sp³-hybridized carbons (Fsp3) is 0.375. The van der Waals surface area contributed by atoms with Gasteiger partial charge in [0.2, 0.25) is 0 Å². The monoisotopic (exact) mass is 321 g/mol. The third-order valence-corrected chi connectivity index (χ3v) is 4.35. The van der Waals surface area contributed by atoms with Crippen molar-refractivity contribution in [2.45, 2.75) is 26.7 Å². The van der Waals surface area contributed by atoms with Gasteiger partial charge >= 0.3 is 5.97 Å². The Morgan fingerprint density at radius 2 is 2.14 bits per heavy atom. The van der Waals surface area contributed by atoms with E-state index >= 15 is 0 Å². The summed E-state index contributed by atoms with van der Waals surface area (Å²) >= 11 is 1.16. The van der Waals surface area contributed by atoms with Gasteiger partial charge in [-0.1, -0.05) is 13.3 Å². The molecule has 22 heavy (non-hydrogen) atoms. The first-order valence-corrected chi connectivity index (χ1v) is 7.90. The summed E-state index contributed by atoms with van der Waals surface area (Å²) in [4.78, 5) is 15.7. The summed E-state index contributed by atoms with van der Waals surface area (Å²) in [6.07, 6.45) is 2.05. The number of aromatic carboxylic acids is 1. The van der Waals surface area contributed by atoms with E-state index in [0.29, 0.717) is 28.8 Å². The van der Waals surface area contributed by atoms with E-state index in [0.717, 1.165) is 29.7 Å². The zero-order valence-corrected chi connectivity index (χ0v) is 13.7. The van der Waals surface area contributed by atoms with Gasteiger partial charge in [0, 0.05) is 5.56 Å². The van der Waals surface area contributed by atoms with Crippen LogP contribution >= 0.6 is 11.3 Å². The van der Waals surface area contributed by atoms with E-state index in [4.69, 9.17) is 14.6 Å². The summed E-state index contributed by atoms with van der Waals surface area (Å²) in [5.74, 6) is 0.359. The number of aromatic nitrogens is 1. The fourth-order valence-electron chi connectivity index (χ4n) is 1.96. The van der Waals surface area contributed by atoms with Gasteiger partial charge in [0.1, 0.15) is 9.88 Å². The lowest BCUT2D eigenvalue weighted by atomic mass is 10.2. The normalized spacial score (nSPS) is 10.5. The van der Waals surface area contributed by atoms with Crippen LogP contribution in [0.1, 0.15) is 35.1 Å². The molecule has 0 saturated carbocycles. The Morgan fingerprint density at radius 1 is 1.36 bits per heavy atom. The molecule has 0 aliphatic rings. The van der Waals surface area contributed by atoms with Gasteiger partial charge in [-0.3, -0.25) is 0 Å². The summed E-state index contributed by atoms with van der Waals surface area (Å²) < 4.78 is 11.0. The van der Waals surface area contributed by atoms with E-state index in [1.54, 1.807) is 14.0 Å². The number of benzene rings is 1. The van der Waals surface area contributed by atoms with Gasteiger partial charge in [-0.2, -0.15) is 0 Å². The van der Waals surface area contributed by atoms with Gasteiger partial charge in [-0.15, -0.1) is 11.3 Å². The Labute approximate surface area is 133 Å². The van der Waals surface area contributed by atoms with Gasteiger partial charge in [0.25, 0.3) is 0 Å². The summed E-state index contributed by atoms with van der Waals surface area (Å²) in [6.45, 7) is 4.45. The molecular formula is C16H19NO4S. The molecule has 0 spiro atoms. The number of thiazole rings is 1. The Hall–Kier alpha value is -2.08. The lowest BCUT2D eigenvalue weighted by Gasteiger charge is -2.11. The summed E-state index contributed by atoms with van der Waals surface area (Å²) in [5, 5.41) is 9.78. The second-order valence-electron chi connectivity index (χ2n) is 4.81. The summed E-state index contributed by atoms with van der Waals surface area (Å²) in [5.41, 5.74) is 1.34. The zero-order valence-electron chi connectivity index (χ0n) is 12.9. The highest BCUT2D eigenvalue weighted by molar-refractivity contribution is 7.17. The van der Waals surface area contributed by atoms with Crippen LogP contribution in [-0.4, -0.2) is 29.8 Å². The SMILES string of the molecule is CCCCOc1ccc(-c2nc(C)c(C(=O)O)s2)cc1OC. The first-order valence-electron chi connectivity index (χ1n) is 7.08. The number of carboxylic acids is 1. The zero-order chi connectivity index (χ0) is 16.1. The predicted octanol–water partition coefficient (Wildman–Crippen LogP) is 4.00. The third kappa shape index (κ3) is 3.57. The van der Waals surface area contributed by atoms with Crippen molar-refractivity contribution < 1.29 is 19.4 Å². The maximum Gasteiger partial charge on any atom is 0.347 e. The number of methoxy groups -OCH3 is 1. The molecule has 1 heterocycles. The smallest absolute Gasteiger partial charge is 0.347 e. The number of carbonyl (C=O) groups is 1. The van der Waals surface area contributed by atoms with Crippen molar-refractivity contribution in [3.05, 3.63) is 28.8 Å². The number of unbranched alkanes of at least 4 members (excludes halogenated alkanes) is 1. The van der Waals surface area contributed by atoms with Crippen LogP contribution in [0.4, 0.5) is 0 Å². The van der Waals surface area contributed by atoms with Crippen molar-refractivity contribution in [3.8, 4) is 22.1 Å². The average Bonchev–Trinajstić information content (AvgIpc) is 2.90. The lowest BCUT2D eigenvalue weighted by molar-refractivity contribution is 0.0701. The minimum atomic E-state index is -0.951. The first kappa shape index (κ1) is 16.3. The molecule has 0 aliphatic carbocycles. The number of nitrogens with zero attached hydrogens (tertiary/aromatic N) is 1. The number of carboxylic acid groups (broad SMARTS) is 1. The van der Waals surface area contributed by atoms with Gasteiger partial charge in [-0.25, -0.2) is 9.78 Å². The van der Waals surface area contributed by atoms with Crippen molar-refractivity contribution in [3.63, 3.8) is 0 Å². The molecule has 0 amide bonds. The van der Waals surface area contributed by atoms with Crippen LogP contribution in [0.15, 0.2) is 18.2 Å². The van der Waals surface area contributed by atoms with Gasteiger partial charge in [0.05, 0.1) is 19.4 Å². The van der Waals surface area contributed by atoms with E-state index in [1.807, 2.05) is 18.2 Å². The van der Waals surface area contributed by atoms with Crippen LogP contribution < -0.4 is 9.47 Å². The molecule has 1 aromatic carbocycles. The maximum atomic E-state index is 11.1. The molecule has 2 rings (SSSR count). The molecule has 6 heteroatoms. The molecule has 118 valence electrons. The van der Waals surface area contributed by atoms with Gasteiger partial charge in [0.15, 0.2) is 11.5 Å². The maximum absolute atomic E-state index is 11.1. The number of hydrogen-bond donors (Lipinski definition) is 1. The molecule has 0 atom stereocenters. The highest BCUT2D eigenvalue weighted by Crippen LogP contribution is 2.35. The fourth-order valence-corrected chi connectivity index (χ4v) is 2.87. The molecular weight excluding hydrogens is 302 g/mol. The highest BCUT2D eigenvalue weighted by Gasteiger charge is 2.16. The largest absolute Gasteiger partial charge is 0.493 e. The molecule has 0 aliphatic heterocycles. The highest BCUT2D eigenvalue weighted by atomic mass is 32.1. The standard InChI is InChI=1S/C16H19NO4S/c1-4-5-8-21-12-7-6-11(9-13(12)20-3)15-17-10(2)14(22-15)16(18)19/h6-7,9H,4-5,8H2,1-3H3,(H,18,19). The van der Waals surface area contributed by atoms with Crippen molar-refractivity contribution in [2.75, 3.05) is 13.7 Å². The van der Waals surface area contributed by atoms with Crippen molar-refractivity contribution in [2.24, 2.45) is 0 Å². The minimum absolute atomic E-state index is 0.261. The molecule has 0 unspecified atom stereocenters. The lowest BCUT2D eigenvalue weighted by Crippen LogP contribution is -1.98. The molecule has 1 N–H and O–H groups in total. The molecule has 0 fully saturated rings. The third-order valence-electron chi connectivity index (χ3n) is 3.16. The topological polar surface area (TPSA) is 68.7 Å². The first-order chi connectivity index (χ1) is 10.6.